The number of amides is 2. The lowest BCUT2D eigenvalue weighted by molar-refractivity contribution is -0.384. The molecule has 1 heterocycles. The van der Waals surface area contributed by atoms with Crippen LogP contribution < -0.4 is 5.32 Å². The highest BCUT2D eigenvalue weighted by Crippen LogP contribution is 2.22. The highest BCUT2D eigenvalue weighted by Gasteiger charge is 2.23. The lowest BCUT2D eigenvalue weighted by Gasteiger charge is -2.27. The number of carbonyl (C=O) groups excluding carboxylic acids is 2. The maximum Gasteiger partial charge on any atom is 0.270 e. The molecule has 1 aliphatic heterocycles. The van der Waals surface area contributed by atoms with Crippen molar-refractivity contribution in [1.82, 2.24) is 10.2 Å². The zero-order chi connectivity index (χ0) is 23.3. The normalized spacial score (nSPS) is 14.7. The zero-order valence-corrected chi connectivity index (χ0v) is 18.8. The van der Waals surface area contributed by atoms with E-state index in [9.17, 15) is 19.7 Å². The lowest BCUT2D eigenvalue weighted by atomic mass is 9.86. The smallest absolute Gasteiger partial charge is 0.270 e. The predicted octanol–water partition coefficient (Wildman–Crippen LogP) is 4.68. The number of nitrogens with one attached hydrogen (secondary N) is 1. The van der Waals surface area contributed by atoms with Gasteiger partial charge in [-0.2, -0.15) is 0 Å². The van der Waals surface area contributed by atoms with Crippen molar-refractivity contribution in [3.05, 3.63) is 81.0 Å². The predicted molar refractivity (Wildman–Crippen MR) is 124 cm³/mol. The summed E-state index contributed by atoms with van der Waals surface area (Å²) in [6, 6.07) is 13.3. The Morgan fingerprint density at radius 2 is 1.69 bits per heavy atom. The van der Waals surface area contributed by atoms with Crippen molar-refractivity contribution in [2.45, 2.75) is 45.4 Å². The molecule has 1 fully saturated rings. The van der Waals surface area contributed by atoms with Gasteiger partial charge in [-0.1, -0.05) is 45.0 Å². The molecule has 7 nitrogen and oxygen atoms in total. The minimum Gasteiger partial charge on any atom is -0.337 e. The molecule has 0 bridgehead atoms. The summed E-state index contributed by atoms with van der Waals surface area (Å²) in [5, 5.41) is 13.9. The highest BCUT2D eigenvalue weighted by atomic mass is 16.6. The number of likely N-dealkylation sites (tertiary alicyclic amines) is 1. The number of nitrogens with zero attached hydrogens (tertiary/aromatic N) is 2. The molecule has 7 heteroatoms. The van der Waals surface area contributed by atoms with Crippen LogP contribution in [0.15, 0.2) is 54.2 Å². The number of nitro groups is 1. The summed E-state index contributed by atoms with van der Waals surface area (Å²) < 4.78 is 0. The molecule has 0 radical (unpaired) electrons. The third kappa shape index (κ3) is 5.81. The summed E-state index contributed by atoms with van der Waals surface area (Å²) in [6.07, 6.45) is 4.40. The Hall–Kier alpha value is -3.48. The van der Waals surface area contributed by atoms with Gasteiger partial charge in [0.1, 0.15) is 5.70 Å². The molecule has 1 N–H and O–H groups in total. The Labute approximate surface area is 188 Å². The third-order valence-corrected chi connectivity index (χ3v) is 5.53. The number of piperidine rings is 1. The van der Waals surface area contributed by atoms with E-state index < -0.39 is 10.8 Å². The molecule has 0 aromatic heterocycles. The van der Waals surface area contributed by atoms with Crippen LogP contribution in [0.5, 0.6) is 0 Å². The van der Waals surface area contributed by atoms with Crippen LogP contribution in [0.2, 0.25) is 0 Å². The maximum absolute atomic E-state index is 13.2. The van der Waals surface area contributed by atoms with Crippen LogP contribution in [0.3, 0.4) is 0 Å². The maximum atomic E-state index is 13.2. The lowest BCUT2D eigenvalue weighted by Crippen LogP contribution is -2.41. The quantitative estimate of drug-likeness (QED) is 0.419. The monoisotopic (exact) mass is 435 g/mol. The van der Waals surface area contributed by atoms with E-state index in [0.29, 0.717) is 24.2 Å². The fourth-order valence-electron chi connectivity index (χ4n) is 3.63. The van der Waals surface area contributed by atoms with Gasteiger partial charge in [-0.05, 0) is 54.0 Å². The first kappa shape index (κ1) is 23.2. The van der Waals surface area contributed by atoms with Gasteiger partial charge in [0.15, 0.2) is 0 Å². The van der Waals surface area contributed by atoms with Gasteiger partial charge in [0, 0.05) is 30.8 Å². The standard InChI is InChI=1S/C25H29N3O4/c1-25(2,3)20-12-10-19(11-13-20)23(29)26-22(24(30)27-14-5-4-6-15-27)17-18-8-7-9-21(16-18)28(31)32/h7-13,16-17H,4-6,14-15H2,1-3H3,(H,26,29)/b22-17+. The van der Waals surface area contributed by atoms with Gasteiger partial charge < -0.3 is 10.2 Å². The topological polar surface area (TPSA) is 92.5 Å². The average molecular weight is 436 g/mol. The largest absolute Gasteiger partial charge is 0.337 e. The summed E-state index contributed by atoms with van der Waals surface area (Å²) in [7, 11) is 0. The van der Waals surface area contributed by atoms with E-state index in [1.165, 1.54) is 18.2 Å². The third-order valence-electron chi connectivity index (χ3n) is 5.53. The van der Waals surface area contributed by atoms with Crippen LogP contribution in [-0.4, -0.2) is 34.7 Å². The second-order valence-electron chi connectivity index (χ2n) is 9.04. The molecule has 168 valence electrons. The van der Waals surface area contributed by atoms with Gasteiger partial charge in [-0.15, -0.1) is 0 Å². The number of rotatable bonds is 5. The Balaban J connectivity index is 1.89. The van der Waals surface area contributed by atoms with E-state index in [-0.39, 0.29) is 22.7 Å². The molecule has 3 rings (SSSR count). The van der Waals surface area contributed by atoms with Crippen molar-refractivity contribution < 1.29 is 14.5 Å². The molecule has 2 aromatic carbocycles. The van der Waals surface area contributed by atoms with Gasteiger partial charge >= 0.3 is 0 Å². The summed E-state index contributed by atoms with van der Waals surface area (Å²) in [5.74, 6) is -0.677. The number of carbonyl (C=O) groups is 2. The van der Waals surface area contributed by atoms with Gasteiger partial charge in [0.05, 0.1) is 4.92 Å². The van der Waals surface area contributed by atoms with Crippen molar-refractivity contribution in [1.29, 1.82) is 0 Å². The SMILES string of the molecule is CC(C)(C)c1ccc(C(=O)N/C(=C/c2cccc([N+](=O)[O-])c2)C(=O)N2CCCCC2)cc1. The number of hydrogen-bond donors (Lipinski definition) is 1. The van der Waals surface area contributed by atoms with E-state index in [1.807, 2.05) is 12.1 Å². The number of non-ortho nitro benzene ring substituents is 1. The molecule has 0 saturated carbocycles. The van der Waals surface area contributed by atoms with Gasteiger partial charge in [0.2, 0.25) is 0 Å². The van der Waals surface area contributed by atoms with E-state index >= 15 is 0 Å². The van der Waals surface area contributed by atoms with Crippen LogP contribution in [0.1, 0.15) is 61.5 Å². The minimum absolute atomic E-state index is 0.0354. The number of hydrogen-bond acceptors (Lipinski definition) is 4. The second kappa shape index (κ2) is 9.77. The van der Waals surface area contributed by atoms with E-state index in [2.05, 4.69) is 26.1 Å². The Kier molecular flexibility index (Phi) is 7.08. The minimum atomic E-state index is -0.487. The fourth-order valence-corrected chi connectivity index (χ4v) is 3.63. The summed E-state index contributed by atoms with van der Waals surface area (Å²) in [5.41, 5.74) is 2.01. The Morgan fingerprint density at radius 1 is 1.03 bits per heavy atom. The summed E-state index contributed by atoms with van der Waals surface area (Å²) >= 11 is 0. The van der Waals surface area contributed by atoms with Crippen LogP contribution in [-0.2, 0) is 10.2 Å². The molecule has 0 unspecified atom stereocenters. The number of nitro benzene ring substituents is 1. The average Bonchev–Trinajstić information content (AvgIpc) is 2.78. The van der Waals surface area contributed by atoms with Gasteiger partial charge in [0.25, 0.3) is 17.5 Å². The summed E-state index contributed by atoms with van der Waals surface area (Å²) in [6.45, 7) is 7.54. The van der Waals surface area contributed by atoms with Crippen molar-refractivity contribution in [3.63, 3.8) is 0 Å². The first-order valence-corrected chi connectivity index (χ1v) is 10.8. The molecule has 2 amide bonds. The van der Waals surface area contributed by atoms with Crippen LogP contribution in [0, 0.1) is 10.1 Å². The van der Waals surface area contributed by atoms with Crippen LogP contribution in [0.25, 0.3) is 6.08 Å². The molecule has 1 aliphatic rings. The molecular formula is C25H29N3O4. The summed E-state index contributed by atoms with van der Waals surface area (Å²) in [4.78, 5) is 38.5. The van der Waals surface area contributed by atoms with Crippen molar-refractivity contribution in [2.24, 2.45) is 0 Å². The zero-order valence-electron chi connectivity index (χ0n) is 18.8. The van der Waals surface area contributed by atoms with E-state index in [0.717, 1.165) is 24.8 Å². The molecule has 32 heavy (non-hydrogen) atoms. The van der Waals surface area contributed by atoms with Crippen molar-refractivity contribution >= 4 is 23.6 Å². The fraction of sp³-hybridized carbons (Fsp3) is 0.360. The van der Waals surface area contributed by atoms with E-state index in [1.54, 1.807) is 29.2 Å². The molecule has 0 atom stereocenters. The molecule has 2 aromatic rings. The van der Waals surface area contributed by atoms with Crippen LogP contribution >= 0.6 is 0 Å². The van der Waals surface area contributed by atoms with Crippen molar-refractivity contribution in [2.75, 3.05) is 13.1 Å². The van der Waals surface area contributed by atoms with Crippen LogP contribution in [0.4, 0.5) is 5.69 Å². The Morgan fingerprint density at radius 3 is 2.28 bits per heavy atom. The van der Waals surface area contributed by atoms with Crippen molar-refractivity contribution in [3.8, 4) is 0 Å². The molecule has 0 spiro atoms. The molecular weight excluding hydrogens is 406 g/mol. The highest BCUT2D eigenvalue weighted by molar-refractivity contribution is 6.05. The molecule has 1 saturated heterocycles. The Bertz CT molecular complexity index is 1030. The molecule has 0 aliphatic carbocycles. The van der Waals surface area contributed by atoms with Gasteiger partial charge in [-0.25, -0.2) is 0 Å². The number of benzene rings is 2. The first-order chi connectivity index (χ1) is 15.1. The van der Waals surface area contributed by atoms with Gasteiger partial charge in [-0.3, -0.25) is 19.7 Å². The first-order valence-electron chi connectivity index (χ1n) is 10.8. The van der Waals surface area contributed by atoms with E-state index in [4.69, 9.17) is 0 Å². The second-order valence-corrected chi connectivity index (χ2v) is 9.04.